The highest BCUT2D eigenvalue weighted by atomic mass is 32.2. The number of hydrogen-bond donors (Lipinski definition) is 0. The van der Waals surface area contributed by atoms with Gasteiger partial charge < -0.3 is 0 Å². The van der Waals surface area contributed by atoms with Gasteiger partial charge in [-0.3, -0.25) is 4.89 Å². The fourth-order valence-electron chi connectivity index (χ4n) is 2.23. The zero-order valence-electron chi connectivity index (χ0n) is 11.4. The highest BCUT2D eigenvalue weighted by Crippen LogP contribution is 2.25. The van der Waals surface area contributed by atoms with E-state index in [1.165, 1.54) is 12.1 Å². The Balaban J connectivity index is 1.95. The molecule has 0 heterocycles. The van der Waals surface area contributed by atoms with Crippen LogP contribution in [-0.4, -0.2) is 14.4 Å². The molecule has 20 heavy (non-hydrogen) atoms. The van der Waals surface area contributed by atoms with Crippen LogP contribution in [0.25, 0.3) is 0 Å². The summed E-state index contributed by atoms with van der Waals surface area (Å²) in [7, 11) is -4.05. The highest BCUT2D eigenvalue weighted by molar-refractivity contribution is 7.86. The molecule has 5 nitrogen and oxygen atoms in total. The molecule has 0 amide bonds. The molecule has 0 bridgehead atoms. The third-order valence-corrected chi connectivity index (χ3v) is 4.55. The highest BCUT2D eigenvalue weighted by Gasteiger charge is 2.26. The molecule has 1 aromatic carbocycles. The Morgan fingerprint density at radius 1 is 1.10 bits per heavy atom. The predicted molar refractivity (Wildman–Crippen MR) is 72.1 cm³/mol. The van der Waals surface area contributed by atoms with Gasteiger partial charge in [0.15, 0.2) is 0 Å². The maximum atomic E-state index is 11.8. The van der Waals surface area contributed by atoms with E-state index in [2.05, 4.69) is 9.22 Å². The summed E-state index contributed by atoms with van der Waals surface area (Å²) in [5.41, 5.74) is 0.933. The number of hydrogen-bond acceptors (Lipinski definition) is 5. The van der Waals surface area contributed by atoms with Crippen molar-refractivity contribution in [3.63, 3.8) is 0 Å². The van der Waals surface area contributed by atoms with Gasteiger partial charge in [-0.25, -0.2) is 4.79 Å². The number of carbonyl (C=O) groups excluding carboxylic acids is 1. The number of benzene rings is 1. The van der Waals surface area contributed by atoms with E-state index in [0.29, 0.717) is 0 Å². The lowest BCUT2D eigenvalue weighted by atomic mass is 9.89. The van der Waals surface area contributed by atoms with E-state index < -0.39 is 16.1 Å². The van der Waals surface area contributed by atoms with E-state index in [9.17, 15) is 13.2 Å². The van der Waals surface area contributed by atoms with Gasteiger partial charge in [-0.15, -0.1) is 0 Å². The van der Waals surface area contributed by atoms with Crippen molar-refractivity contribution in [3.05, 3.63) is 29.8 Å². The molecule has 1 fully saturated rings. The molecule has 0 spiro atoms. The van der Waals surface area contributed by atoms with Crippen molar-refractivity contribution in [3.8, 4) is 0 Å². The average molecular weight is 298 g/mol. The molecule has 1 aliphatic rings. The van der Waals surface area contributed by atoms with E-state index in [-0.39, 0.29) is 10.8 Å². The molecule has 0 saturated heterocycles. The van der Waals surface area contributed by atoms with Crippen molar-refractivity contribution in [2.24, 2.45) is 5.92 Å². The molecular weight excluding hydrogens is 280 g/mol. The van der Waals surface area contributed by atoms with E-state index >= 15 is 0 Å². The SMILES string of the molecule is Cc1ccc(S(=O)(=O)OOC(=O)C2CCCCC2)cc1. The predicted octanol–water partition coefficient (Wildman–Crippen LogP) is 2.74. The molecule has 0 unspecified atom stereocenters. The minimum absolute atomic E-state index is 0.0282. The second kappa shape index (κ2) is 6.37. The maximum Gasteiger partial charge on any atom is 0.347 e. The molecule has 1 aliphatic carbocycles. The zero-order valence-corrected chi connectivity index (χ0v) is 12.2. The quantitative estimate of drug-likeness (QED) is 0.631. The van der Waals surface area contributed by atoms with Gasteiger partial charge in [-0.1, -0.05) is 37.0 Å². The van der Waals surface area contributed by atoms with Gasteiger partial charge in [0, 0.05) is 0 Å². The van der Waals surface area contributed by atoms with Crippen LogP contribution >= 0.6 is 0 Å². The van der Waals surface area contributed by atoms with Crippen LogP contribution in [-0.2, 0) is 24.1 Å². The summed E-state index contributed by atoms with van der Waals surface area (Å²) in [5.74, 6) is -0.850. The first kappa shape index (κ1) is 15.0. The van der Waals surface area contributed by atoms with E-state index in [1.54, 1.807) is 12.1 Å². The van der Waals surface area contributed by atoms with Crippen molar-refractivity contribution in [1.82, 2.24) is 0 Å². The summed E-state index contributed by atoms with van der Waals surface area (Å²) >= 11 is 0. The monoisotopic (exact) mass is 298 g/mol. The standard InChI is InChI=1S/C14H18O5S/c1-11-7-9-13(10-8-11)20(16,17)19-18-14(15)12-5-3-2-4-6-12/h7-10,12H,2-6H2,1H3. The van der Waals surface area contributed by atoms with Gasteiger partial charge in [-0.05, 0) is 36.2 Å². The maximum absolute atomic E-state index is 11.8. The Hall–Kier alpha value is -1.40. The van der Waals surface area contributed by atoms with Gasteiger partial charge in [0.05, 0.1) is 10.8 Å². The minimum atomic E-state index is -4.05. The van der Waals surface area contributed by atoms with Crippen LogP contribution in [0.1, 0.15) is 37.7 Å². The van der Waals surface area contributed by atoms with Crippen LogP contribution in [0, 0.1) is 12.8 Å². The lowest BCUT2D eigenvalue weighted by Gasteiger charge is -2.18. The number of aryl methyl sites for hydroxylation is 1. The summed E-state index contributed by atoms with van der Waals surface area (Å²) in [6.45, 7) is 1.85. The summed E-state index contributed by atoms with van der Waals surface area (Å²) in [5, 5.41) is 0. The van der Waals surface area contributed by atoms with Crippen LogP contribution < -0.4 is 0 Å². The molecule has 6 heteroatoms. The van der Waals surface area contributed by atoms with Crippen LogP contribution in [0.4, 0.5) is 0 Å². The number of carbonyl (C=O) groups is 1. The molecule has 2 rings (SSSR count). The zero-order chi connectivity index (χ0) is 14.6. The molecule has 1 aromatic rings. The Morgan fingerprint density at radius 2 is 1.70 bits per heavy atom. The van der Waals surface area contributed by atoms with E-state index in [1.807, 2.05) is 6.92 Å². The summed E-state index contributed by atoms with van der Waals surface area (Å²) < 4.78 is 28.1. The van der Waals surface area contributed by atoms with Crippen LogP contribution in [0.5, 0.6) is 0 Å². The fraction of sp³-hybridized carbons (Fsp3) is 0.500. The third-order valence-electron chi connectivity index (χ3n) is 3.45. The van der Waals surface area contributed by atoms with Gasteiger partial charge in [0.1, 0.15) is 0 Å². The summed E-state index contributed by atoms with van der Waals surface area (Å²) in [4.78, 5) is 16.2. The van der Waals surface area contributed by atoms with Crippen molar-refractivity contribution in [1.29, 1.82) is 0 Å². The van der Waals surface area contributed by atoms with E-state index in [0.717, 1.165) is 37.7 Å². The molecule has 0 aromatic heterocycles. The Labute approximate surface area is 118 Å². The molecular formula is C14H18O5S. The first-order valence-corrected chi connectivity index (χ1v) is 8.11. The van der Waals surface area contributed by atoms with Gasteiger partial charge in [-0.2, -0.15) is 8.42 Å². The molecule has 0 aliphatic heterocycles. The van der Waals surface area contributed by atoms with Crippen molar-refractivity contribution >= 4 is 16.1 Å². The Morgan fingerprint density at radius 3 is 2.30 bits per heavy atom. The van der Waals surface area contributed by atoms with Crippen molar-refractivity contribution in [2.75, 3.05) is 0 Å². The largest absolute Gasteiger partial charge is 0.347 e. The van der Waals surface area contributed by atoms with Gasteiger partial charge in [0.2, 0.25) is 0 Å². The van der Waals surface area contributed by atoms with Gasteiger partial charge in [0.25, 0.3) is 0 Å². The average Bonchev–Trinajstić information content (AvgIpc) is 2.46. The normalized spacial score (nSPS) is 16.9. The molecule has 1 saturated carbocycles. The van der Waals surface area contributed by atoms with Crippen LogP contribution in [0.15, 0.2) is 29.2 Å². The third kappa shape index (κ3) is 3.80. The Kier molecular flexibility index (Phi) is 4.77. The molecule has 0 atom stereocenters. The van der Waals surface area contributed by atoms with Crippen LogP contribution in [0.3, 0.4) is 0 Å². The Bertz CT molecular complexity index is 556. The smallest absolute Gasteiger partial charge is 0.281 e. The lowest BCUT2D eigenvalue weighted by Crippen LogP contribution is -2.22. The summed E-state index contributed by atoms with van der Waals surface area (Å²) in [6.07, 6.45) is 4.49. The van der Waals surface area contributed by atoms with Crippen LogP contribution in [0.2, 0.25) is 0 Å². The molecule has 0 radical (unpaired) electrons. The van der Waals surface area contributed by atoms with Crippen molar-refractivity contribution < 1.29 is 22.4 Å². The fourth-order valence-corrected chi connectivity index (χ4v) is 2.93. The number of rotatable bonds is 4. The second-order valence-electron chi connectivity index (χ2n) is 5.07. The van der Waals surface area contributed by atoms with E-state index in [4.69, 9.17) is 0 Å². The second-order valence-corrected chi connectivity index (χ2v) is 6.59. The summed E-state index contributed by atoms with van der Waals surface area (Å²) in [6, 6.07) is 6.14. The molecule has 0 N–H and O–H groups in total. The lowest BCUT2D eigenvalue weighted by molar-refractivity contribution is -0.217. The van der Waals surface area contributed by atoms with Gasteiger partial charge >= 0.3 is 16.1 Å². The first-order chi connectivity index (χ1) is 9.49. The minimum Gasteiger partial charge on any atom is -0.281 e. The topological polar surface area (TPSA) is 69.7 Å². The first-order valence-electron chi connectivity index (χ1n) is 6.71. The molecule has 110 valence electrons. The van der Waals surface area contributed by atoms with Crippen molar-refractivity contribution in [2.45, 2.75) is 43.9 Å².